The van der Waals surface area contributed by atoms with Crippen LogP contribution in [0.25, 0.3) is 11.3 Å². The lowest BCUT2D eigenvalue weighted by atomic mass is 10.0. The second kappa shape index (κ2) is 9.35. The van der Waals surface area contributed by atoms with Crippen molar-refractivity contribution < 1.29 is 23.6 Å². The number of benzene rings is 1. The number of aromatic nitrogens is 2. The molecule has 9 nitrogen and oxygen atoms in total. The van der Waals surface area contributed by atoms with Crippen LogP contribution in [0.1, 0.15) is 42.7 Å². The molecule has 0 aliphatic carbocycles. The highest BCUT2D eigenvalue weighted by atomic mass is 16.5. The second-order valence-corrected chi connectivity index (χ2v) is 8.01. The number of amides is 2. The van der Waals surface area contributed by atoms with Gasteiger partial charge in [-0.2, -0.15) is 0 Å². The molecule has 2 amide bonds. The van der Waals surface area contributed by atoms with E-state index in [0.717, 1.165) is 11.1 Å². The Morgan fingerprint density at radius 2 is 2.09 bits per heavy atom. The largest absolute Gasteiger partial charge is 0.444 e. The summed E-state index contributed by atoms with van der Waals surface area (Å²) in [6, 6.07) is 8.57. The number of carbonyl (C=O) groups excluding carboxylic acids is 2. The van der Waals surface area contributed by atoms with Crippen molar-refractivity contribution in [2.45, 2.75) is 51.3 Å². The Morgan fingerprint density at radius 1 is 1.31 bits per heavy atom. The van der Waals surface area contributed by atoms with Gasteiger partial charge in [-0.1, -0.05) is 36.3 Å². The Labute approximate surface area is 185 Å². The number of carbonyl (C=O) groups is 2. The molecule has 1 unspecified atom stereocenters. The van der Waals surface area contributed by atoms with E-state index >= 15 is 0 Å². The van der Waals surface area contributed by atoms with Crippen LogP contribution in [0, 0.1) is 6.92 Å². The van der Waals surface area contributed by atoms with Crippen molar-refractivity contribution in [1.29, 1.82) is 0 Å². The molecule has 0 bridgehead atoms. The third kappa shape index (κ3) is 4.57. The molecule has 3 atom stereocenters. The first-order valence-electron chi connectivity index (χ1n) is 10.6. The Bertz CT molecular complexity index is 1060. The number of hydrogen-bond acceptors (Lipinski definition) is 7. The first-order chi connectivity index (χ1) is 15.5. The van der Waals surface area contributed by atoms with Crippen molar-refractivity contribution in [3.63, 3.8) is 0 Å². The molecule has 3 aromatic rings. The topological polar surface area (TPSA) is 122 Å². The minimum Gasteiger partial charge on any atom is -0.444 e. The number of aliphatic hydroxyl groups is 1. The van der Waals surface area contributed by atoms with Gasteiger partial charge in [0.1, 0.15) is 11.8 Å². The molecule has 1 aliphatic heterocycles. The number of β-amino-alcohol motifs (C(OH)–C–C–N with tert-alkyl or cyclic N) is 1. The molecular formula is C23H26N4O5. The summed E-state index contributed by atoms with van der Waals surface area (Å²) in [5, 5.41) is 16.9. The van der Waals surface area contributed by atoms with E-state index in [0.29, 0.717) is 30.2 Å². The van der Waals surface area contributed by atoms with Crippen LogP contribution >= 0.6 is 0 Å². The van der Waals surface area contributed by atoms with Gasteiger partial charge in [0, 0.05) is 31.1 Å². The van der Waals surface area contributed by atoms with Crippen LogP contribution < -0.4 is 5.32 Å². The van der Waals surface area contributed by atoms with Gasteiger partial charge in [0.15, 0.2) is 12.2 Å². The van der Waals surface area contributed by atoms with Gasteiger partial charge in [0.05, 0.1) is 23.9 Å². The number of nitrogens with one attached hydrogen (secondary N) is 1. The van der Waals surface area contributed by atoms with Gasteiger partial charge in [-0.25, -0.2) is 4.98 Å². The van der Waals surface area contributed by atoms with Crippen molar-refractivity contribution in [3.05, 3.63) is 59.9 Å². The van der Waals surface area contributed by atoms with Crippen molar-refractivity contribution in [3.8, 4) is 11.3 Å². The molecule has 1 aromatic carbocycles. The Kier molecular flexibility index (Phi) is 6.36. The zero-order valence-corrected chi connectivity index (χ0v) is 18.0. The first kappa shape index (κ1) is 21.8. The van der Waals surface area contributed by atoms with E-state index in [2.05, 4.69) is 15.5 Å². The molecule has 1 saturated heterocycles. The van der Waals surface area contributed by atoms with Crippen LogP contribution in [0.4, 0.5) is 0 Å². The maximum Gasteiger partial charge on any atom is 0.243 e. The molecule has 3 heterocycles. The van der Waals surface area contributed by atoms with Crippen LogP contribution in [0.15, 0.2) is 51.9 Å². The summed E-state index contributed by atoms with van der Waals surface area (Å²) in [6.07, 6.45) is 2.97. The summed E-state index contributed by atoms with van der Waals surface area (Å²) in [7, 11) is 0. The Morgan fingerprint density at radius 3 is 2.72 bits per heavy atom. The number of hydrogen-bond donors (Lipinski definition) is 2. The van der Waals surface area contributed by atoms with Crippen LogP contribution in [-0.2, 0) is 16.1 Å². The molecule has 1 fully saturated rings. The summed E-state index contributed by atoms with van der Waals surface area (Å²) in [4.78, 5) is 31.5. The lowest BCUT2D eigenvalue weighted by molar-refractivity contribution is -0.140. The third-order valence-electron chi connectivity index (χ3n) is 5.70. The van der Waals surface area contributed by atoms with Gasteiger partial charge in [-0.05, 0) is 18.9 Å². The van der Waals surface area contributed by atoms with Crippen molar-refractivity contribution in [2.75, 3.05) is 6.54 Å². The highest BCUT2D eigenvalue weighted by Crippen LogP contribution is 2.28. The lowest BCUT2D eigenvalue weighted by Crippen LogP contribution is -2.47. The smallest absolute Gasteiger partial charge is 0.243 e. The summed E-state index contributed by atoms with van der Waals surface area (Å²) in [5.41, 5.74) is 2.49. The van der Waals surface area contributed by atoms with E-state index in [-0.39, 0.29) is 24.8 Å². The summed E-state index contributed by atoms with van der Waals surface area (Å²) >= 11 is 0. The molecule has 2 aromatic heterocycles. The number of oxazole rings is 1. The van der Waals surface area contributed by atoms with E-state index in [1.165, 1.54) is 11.3 Å². The molecule has 0 saturated carbocycles. The normalized spacial score (nSPS) is 19.2. The first-order valence-corrected chi connectivity index (χ1v) is 10.6. The highest BCUT2D eigenvalue weighted by molar-refractivity contribution is 5.91. The molecule has 2 N–H and O–H groups in total. The predicted molar refractivity (Wildman–Crippen MR) is 114 cm³/mol. The van der Waals surface area contributed by atoms with E-state index in [1.54, 1.807) is 19.2 Å². The van der Waals surface area contributed by atoms with E-state index in [9.17, 15) is 14.7 Å². The number of likely N-dealkylation sites (tertiary alicyclic amines) is 1. The summed E-state index contributed by atoms with van der Waals surface area (Å²) in [5.74, 6) is 0.0690. The predicted octanol–water partition coefficient (Wildman–Crippen LogP) is 2.41. The van der Waals surface area contributed by atoms with Gasteiger partial charge in [0.2, 0.25) is 11.8 Å². The third-order valence-corrected chi connectivity index (χ3v) is 5.70. The SMILES string of the molecule is CCC(C(=O)N1C[C@H](O)C[C@H]1C(=O)NCc1ccc(-c2cnco2)cc1)c1cc(C)no1. The fourth-order valence-corrected chi connectivity index (χ4v) is 4.00. The van der Waals surface area contributed by atoms with Gasteiger partial charge in [-0.15, -0.1) is 0 Å². The van der Waals surface area contributed by atoms with Gasteiger partial charge < -0.3 is 24.3 Å². The molecule has 0 radical (unpaired) electrons. The van der Waals surface area contributed by atoms with Gasteiger partial charge >= 0.3 is 0 Å². The van der Waals surface area contributed by atoms with E-state index < -0.39 is 18.1 Å². The molecule has 0 spiro atoms. The maximum atomic E-state index is 13.2. The molecule has 1 aliphatic rings. The summed E-state index contributed by atoms with van der Waals surface area (Å²) < 4.78 is 10.6. The molecule has 168 valence electrons. The van der Waals surface area contributed by atoms with Crippen LogP contribution in [0.2, 0.25) is 0 Å². The quantitative estimate of drug-likeness (QED) is 0.581. The van der Waals surface area contributed by atoms with Gasteiger partial charge in [0.25, 0.3) is 0 Å². The lowest BCUT2D eigenvalue weighted by Gasteiger charge is -2.26. The van der Waals surface area contributed by atoms with Crippen molar-refractivity contribution in [2.24, 2.45) is 0 Å². The fourth-order valence-electron chi connectivity index (χ4n) is 4.00. The molecule has 32 heavy (non-hydrogen) atoms. The number of aryl methyl sites for hydroxylation is 1. The molecule has 4 rings (SSSR count). The Balaban J connectivity index is 1.41. The standard InChI is InChI=1S/C23H26N4O5/c1-3-18(20-8-14(2)26-32-20)23(30)27-12-17(28)9-19(27)22(29)25-10-15-4-6-16(7-5-15)21-11-24-13-31-21/h4-8,11,13,17-19,28H,3,9-10,12H2,1-2H3,(H,25,29)/t17-,18?,19+/m1/s1. The minimum atomic E-state index is -0.746. The van der Waals surface area contributed by atoms with Crippen LogP contribution in [0.5, 0.6) is 0 Å². The number of rotatable bonds is 7. The monoisotopic (exact) mass is 438 g/mol. The number of nitrogens with zero attached hydrogens (tertiary/aromatic N) is 3. The fraction of sp³-hybridized carbons (Fsp3) is 0.391. The Hall–Kier alpha value is -3.46. The van der Waals surface area contributed by atoms with Crippen LogP contribution in [0.3, 0.4) is 0 Å². The van der Waals surface area contributed by atoms with Crippen molar-refractivity contribution in [1.82, 2.24) is 20.4 Å². The highest BCUT2D eigenvalue weighted by Gasteiger charge is 2.41. The molecule has 9 heteroatoms. The average molecular weight is 438 g/mol. The molecular weight excluding hydrogens is 412 g/mol. The zero-order valence-electron chi connectivity index (χ0n) is 18.0. The van der Waals surface area contributed by atoms with E-state index in [1.807, 2.05) is 31.2 Å². The number of aliphatic hydroxyl groups excluding tert-OH is 1. The minimum absolute atomic E-state index is 0.117. The second-order valence-electron chi connectivity index (χ2n) is 8.01. The summed E-state index contributed by atoms with van der Waals surface area (Å²) in [6.45, 7) is 4.09. The zero-order chi connectivity index (χ0) is 22.7. The van der Waals surface area contributed by atoms with Crippen molar-refractivity contribution >= 4 is 11.8 Å². The van der Waals surface area contributed by atoms with Crippen LogP contribution in [-0.4, -0.2) is 50.7 Å². The maximum absolute atomic E-state index is 13.2. The van der Waals surface area contributed by atoms with Gasteiger partial charge in [-0.3, -0.25) is 9.59 Å². The average Bonchev–Trinajstić information content (AvgIpc) is 3.54. The van der Waals surface area contributed by atoms with E-state index in [4.69, 9.17) is 8.94 Å².